The van der Waals surface area contributed by atoms with Crippen LogP contribution in [-0.4, -0.2) is 6.61 Å². The van der Waals surface area contributed by atoms with Crippen molar-refractivity contribution in [2.75, 3.05) is 6.61 Å². The highest BCUT2D eigenvalue weighted by Crippen LogP contribution is 2.73. The maximum absolute atomic E-state index is 11.4. The summed E-state index contributed by atoms with van der Waals surface area (Å²) >= 11 is 0. The van der Waals surface area contributed by atoms with Crippen molar-refractivity contribution in [3.63, 3.8) is 0 Å². The number of phosphoric acid groups is 2. The molecule has 0 amide bonds. The van der Waals surface area contributed by atoms with E-state index in [1.807, 2.05) is 0 Å². The summed E-state index contributed by atoms with van der Waals surface area (Å²) in [6.07, 6.45) is 0. The first-order chi connectivity index (χ1) is 7.07. The zero-order valence-corrected chi connectivity index (χ0v) is 8.66. The van der Waals surface area contributed by atoms with Crippen LogP contribution >= 0.6 is 15.6 Å². The molecule has 0 saturated carbocycles. The van der Waals surface area contributed by atoms with E-state index in [1.165, 1.54) is 0 Å². The lowest BCUT2D eigenvalue weighted by Crippen LogP contribution is -2.23. The largest absolute Gasteiger partial charge is 0.652 e. The van der Waals surface area contributed by atoms with Crippen LogP contribution in [-0.2, 0) is 36.3 Å². The molecule has 6 aliphatic rings. The first kappa shape index (κ1) is 8.10. The van der Waals surface area contributed by atoms with Crippen LogP contribution in [0, 0.1) is 0 Å². The maximum Gasteiger partial charge on any atom is 0.652 e. The van der Waals surface area contributed by atoms with Gasteiger partial charge in [0.2, 0.25) is 5.76 Å². The lowest BCUT2D eigenvalue weighted by molar-refractivity contribution is 0.0158. The predicted octanol–water partition coefficient (Wildman–Crippen LogP) is 1.74. The third-order valence-electron chi connectivity index (χ3n) is 2.05. The number of fused-ring (bicyclic) bond motifs is 1. The van der Waals surface area contributed by atoms with Gasteiger partial charge in [0.15, 0.2) is 0 Å². The second-order valence-corrected chi connectivity index (χ2v) is 5.97. The van der Waals surface area contributed by atoms with Crippen molar-refractivity contribution < 1.29 is 36.3 Å². The molecule has 0 N–H and O–H groups in total. The zero-order valence-electron chi connectivity index (χ0n) is 6.87. The Labute approximate surface area is 82.6 Å². The van der Waals surface area contributed by atoms with Gasteiger partial charge in [-0.05, 0) is 0 Å². The van der Waals surface area contributed by atoms with E-state index in [9.17, 15) is 9.13 Å². The Balaban J connectivity index is 1.91. The minimum atomic E-state index is -3.51. The number of hydrogen-bond acceptors (Lipinski definition) is 8. The van der Waals surface area contributed by atoms with Gasteiger partial charge in [0.05, 0.1) is 6.61 Å². The second kappa shape index (κ2) is 2.04. The average Bonchev–Trinajstić information content (AvgIpc) is 2.29. The van der Waals surface area contributed by atoms with E-state index in [0.29, 0.717) is 5.57 Å². The number of phosphoric ester groups is 2. The Morgan fingerprint density at radius 2 is 1.53 bits per heavy atom. The summed E-state index contributed by atoms with van der Waals surface area (Å²) in [6, 6.07) is 0. The van der Waals surface area contributed by atoms with Crippen LogP contribution in [0.3, 0.4) is 0 Å². The highest BCUT2D eigenvalue weighted by molar-refractivity contribution is 7.50. The van der Waals surface area contributed by atoms with Gasteiger partial charge in [-0.15, -0.1) is 0 Å². The topological polar surface area (TPSA) is 89.5 Å². The van der Waals surface area contributed by atoms with Gasteiger partial charge in [0.1, 0.15) is 5.57 Å². The van der Waals surface area contributed by atoms with Gasteiger partial charge in [0, 0.05) is 0 Å². The molecule has 2 saturated heterocycles. The van der Waals surface area contributed by atoms with Crippen LogP contribution in [0.1, 0.15) is 0 Å². The lowest BCUT2D eigenvalue weighted by Gasteiger charge is -2.35. The fourth-order valence-corrected chi connectivity index (χ4v) is 3.49. The van der Waals surface area contributed by atoms with Gasteiger partial charge in [-0.25, -0.2) is 4.57 Å². The molecule has 0 aliphatic carbocycles. The van der Waals surface area contributed by atoms with Crippen LogP contribution in [0.4, 0.5) is 0 Å². The van der Waals surface area contributed by atoms with Crippen LogP contribution in [0.25, 0.3) is 0 Å². The second-order valence-electron chi connectivity index (χ2n) is 3.01. The number of rotatable bonds is 0. The van der Waals surface area contributed by atoms with E-state index in [4.69, 9.17) is 27.1 Å². The molecular weight excluding hydrogens is 250 g/mol. The monoisotopic (exact) mass is 252 g/mol. The molecule has 0 aromatic carbocycles. The molecule has 0 radical (unpaired) electrons. The summed E-state index contributed by atoms with van der Waals surface area (Å²) in [5.41, 5.74) is 0.345. The highest BCUT2D eigenvalue weighted by Gasteiger charge is 2.60. The highest BCUT2D eigenvalue weighted by atomic mass is 31.2. The lowest BCUT2D eigenvalue weighted by atomic mass is 10.2. The minimum absolute atomic E-state index is 0.0413. The standard InChI is InChI=1S/C5H2O8P2/c6-14-8-1-2-3(5(12-14)13-14)9-15(7)10-4(2)11-15/h1H2. The normalized spacial score (nSPS) is 31.2. The molecule has 0 spiro atoms. The van der Waals surface area contributed by atoms with Crippen molar-refractivity contribution in [1.82, 2.24) is 0 Å². The third kappa shape index (κ3) is 0.873. The molecule has 8 nitrogen and oxygen atoms in total. The van der Waals surface area contributed by atoms with E-state index >= 15 is 0 Å². The summed E-state index contributed by atoms with van der Waals surface area (Å²) in [4.78, 5) is 0. The summed E-state index contributed by atoms with van der Waals surface area (Å²) in [7, 11) is -6.97. The Bertz CT molecular complexity index is 519. The zero-order chi connectivity index (χ0) is 10.3. The van der Waals surface area contributed by atoms with Crippen LogP contribution in [0.2, 0.25) is 0 Å². The molecule has 80 valence electrons. The van der Waals surface area contributed by atoms with Gasteiger partial charge < -0.3 is 22.6 Å². The van der Waals surface area contributed by atoms with Crippen LogP contribution in [0.5, 0.6) is 0 Å². The third-order valence-corrected chi connectivity index (χ3v) is 4.46. The maximum atomic E-state index is 11.4. The Morgan fingerprint density at radius 3 is 2.27 bits per heavy atom. The molecule has 0 aromatic rings. The fraction of sp³-hybridized carbons (Fsp3) is 0.200. The van der Waals surface area contributed by atoms with Crippen LogP contribution < -0.4 is 0 Å². The average molecular weight is 252 g/mol. The molecular formula is C5H2O8P2. The van der Waals surface area contributed by atoms with Crippen molar-refractivity contribution in [2.24, 2.45) is 0 Å². The Morgan fingerprint density at radius 1 is 0.867 bits per heavy atom. The minimum Gasteiger partial charge on any atom is -0.377 e. The smallest absolute Gasteiger partial charge is 0.377 e. The summed E-state index contributed by atoms with van der Waals surface area (Å²) in [5, 5.41) is 0. The van der Waals surface area contributed by atoms with Crippen molar-refractivity contribution in [3.8, 4) is 0 Å². The first-order valence-electron chi connectivity index (χ1n) is 3.87. The van der Waals surface area contributed by atoms with Crippen LogP contribution in [0.15, 0.2) is 23.2 Å². The van der Waals surface area contributed by atoms with Crippen molar-refractivity contribution in [1.29, 1.82) is 0 Å². The first-order valence-corrected chi connectivity index (χ1v) is 6.79. The molecule has 6 rings (SSSR count). The van der Waals surface area contributed by atoms with Crippen molar-refractivity contribution in [2.45, 2.75) is 0 Å². The summed E-state index contributed by atoms with van der Waals surface area (Å²) in [6.45, 7) is -0.106. The Hall–Kier alpha value is -1.10. The van der Waals surface area contributed by atoms with E-state index in [2.05, 4.69) is 0 Å². The molecule has 0 aromatic heterocycles. The quantitative estimate of drug-likeness (QED) is 0.602. The van der Waals surface area contributed by atoms with E-state index in [1.54, 1.807) is 0 Å². The van der Waals surface area contributed by atoms with Gasteiger partial charge in [0.25, 0.3) is 0 Å². The fourth-order valence-electron chi connectivity index (χ4n) is 1.39. The molecule has 0 unspecified atom stereocenters. The van der Waals surface area contributed by atoms with Gasteiger partial charge in [-0.2, -0.15) is 4.57 Å². The summed E-state index contributed by atoms with van der Waals surface area (Å²) in [5.74, 6) is 0.0181. The summed E-state index contributed by atoms with van der Waals surface area (Å²) < 4.78 is 51.5. The number of hydrogen-bond donors (Lipinski definition) is 0. The SMILES string of the molecule is O=P12OCC3=C4OP(=O)(O4)OC3=C(O1)O2. The van der Waals surface area contributed by atoms with Gasteiger partial charge >= 0.3 is 27.5 Å². The van der Waals surface area contributed by atoms with Gasteiger partial charge in [-0.3, -0.25) is 4.52 Å². The van der Waals surface area contributed by atoms with Gasteiger partial charge in [-0.1, -0.05) is 0 Å². The van der Waals surface area contributed by atoms with E-state index in [0.717, 1.165) is 0 Å². The molecule has 15 heavy (non-hydrogen) atoms. The van der Waals surface area contributed by atoms with E-state index in [-0.39, 0.29) is 24.3 Å². The molecule has 6 aliphatic heterocycles. The molecule has 4 bridgehead atoms. The molecule has 6 heterocycles. The van der Waals surface area contributed by atoms with Crippen molar-refractivity contribution >= 4 is 15.6 Å². The van der Waals surface area contributed by atoms with Crippen molar-refractivity contribution in [3.05, 3.63) is 23.2 Å². The predicted molar refractivity (Wildman–Crippen MR) is 40.6 cm³/mol. The molecule has 10 heteroatoms. The Kier molecular flexibility index (Phi) is 1.10. The molecule has 2 fully saturated rings. The molecule has 0 atom stereocenters. The van der Waals surface area contributed by atoms with E-state index < -0.39 is 15.6 Å².